The van der Waals surface area contributed by atoms with Crippen LogP contribution in [0.3, 0.4) is 0 Å². The predicted molar refractivity (Wildman–Crippen MR) is 101 cm³/mol. The van der Waals surface area contributed by atoms with E-state index in [1.165, 1.54) is 6.07 Å². The Morgan fingerprint density at radius 1 is 1.21 bits per heavy atom. The molecule has 1 aromatic carbocycles. The molecule has 0 saturated heterocycles. The Bertz CT molecular complexity index is 956. The topological polar surface area (TPSA) is 106 Å². The Labute approximate surface area is 161 Å². The van der Waals surface area contributed by atoms with E-state index in [0.717, 1.165) is 10.5 Å². The standard InChI is InChI=1S/C20H19N3O5/c1-3-15(19(26)22-16-10-12(2)8-9-21-16)28-17(24)11-23-14-7-5-4-6-13(14)18(25)20(23)27/h4-10,15H,3,11H2,1-2H3,(H,21,22,26). The number of hydrogen-bond acceptors (Lipinski definition) is 6. The van der Waals surface area contributed by atoms with Crippen LogP contribution in [0.15, 0.2) is 42.6 Å². The smallest absolute Gasteiger partial charge is 0.326 e. The summed E-state index contributed by atoms with van der Waals surface area (Å²) in [7, 11) is 0. The summed E-state index contributed by atoms with van der Waals surface area (Å²) in [6.45, 7) is 3.11. The van der Waals surface area contributed by atoms with E-state index in [1.54, 1.807) is 43.5 Å². The molecule has 2 aromatic rings. The number of aromatic nitrogens is 1. The molecule has 8 nitrogen and oxygen atoms in total. The third-order valence-electron chi connectivity index (χ3n) is 4.27. The number of aryl methyl sites for hydroxylation is 1. The number of nitrogens with zero attached hydrogens (tertiary/aromatic N) is 2. The van der Waals surface area contributed by atoms with Gasteiger partial charge in [0.1, 0.15) is 12.4 Å². The van der Waals surface area contributed by atoms with Crippen molar-refractivity contribution in [3.05, 3.63) is 53.7 Å². The minimum absolute atomic E-state index is 0.243. The van der Waals surface area contributed by atoms with Gasteiger partial charge in [0.15, 0.2) is 6.10 Å². The molecule has 1 N–H and O–H groups in total. The van der Waals surface area contributed by atoms with Gasteiger partial charge in [-0.3, -0.25) is 24.1 Å². The molecule has 0 bridgehead atoms. The van der Waals surface area contributed by atoms with E-state index in [1.807, 2.05) is 6.92 Å². The first-order valence-electron chi connectivity index (χ1n) is 8.79. The van der Waals surface area contributed by atoms with Gasteiger partial charge in [-0.25, -0.2) is 4.98 Å². The molecule has 2 heterocycles. The molecule has 0 radical (unpaired) electrons. The van der Waals surface area contributed by atoms with Crippen LogP contribution in [-0.4, -0.2) is 41.2 Å². The molecular weight excluding hydrogens is 362 g/mol. The average molecular weight is 381 g/mol. The highest BCUT2D eigenvalue weighted by atomic mass is 16.5. The van der Waals surface area contributed by atoms with Crippen molar-refractivity contribution in [3.8, 4) is 0 Å². The summed E-state index contributed by atoms with van der Waals surface area (Å²) in [6.07, 6.45) is 0.761. The second-order valence-electron chi connectivity index (χ2n) is 6.33. The van der Waals surface area contributed by atoms with Gasteiger partial charge >= 0.3 is 5.97 Å². The summed E-state index contributed by atoms with van der Waals surface area (Å²) in [5.74, 6) is -2.40. The number of fused-ring (bicyclic) bond motifs is 1. The predicted octanol–water partition coefficient (Wildman–Crippen LogP) is 1.88. The Morgan fingerprint density at radius 2 is 1.96 bits per heavy atom. The normalized spacial score (nSPS) is 13.9. The number of carbonyl (C=O) groups is 4. The SMILES string of the molecule is CCC(OC(=O)CN1C(=O)C(=O)c2ccccc21)C(=O)Nc1cc(C)ccn1. The molecule has 0 aliphatic carbocycles. The first-order valence-corrected chi connectivity index (χ1v) is 8.79. The van der Waals surface area contributed by atoms with Crippen LogP contribution in [-0.2, 0) is 19.1 Å². The number of benzene rings is 1. The van der Waals surface area contributed by atoms with E-state index in [-0.39, 0.29) is 12.0 Å². The van der Waals surface area contributed by atoms with E-state index in [4.69, 9.17) is 4.74 Å². The second-order valence-corrected chi connectivity index (χ2v) is 6.33. The lowest BCUT2D eigenvalue weighted by molar-refractivity contribution is -0.153. The monoisotopic (exact) mass is 381 g/mol. The van der Waals surface area contributed by atoms with E-state index in [2.05, 4.69) is 10.3 Å². The molecule has 0 spiro atoms. The fraction of sp³-hybridized carbons (Fsp3) is 0.250. The summed E-state index contributed by atoms with van der Waals surface area (Å²) >= 11 is 0. The number of Topliss-reactive ketones (excluding diaryl/α,β-unsaturated/α-hetero) is 1. The fourth-order valence-electron chi connectivity index (χ4n) is 2.86. The zero-order valence-corrected chi connectivity index (χ0v) is 15.5. The van der Waals surface area contributed by atoms with Crippen LogP contribution in [0.1, 0.15) is 29.3 Å². The third kappa shape index (κ3) is 3.90. The summed E-state index contributed by atoms with van der Waals surface area (Å²) < 4.78 is 5.24. The first-order chi connectivity index (χ1) is 13.4. The van der Waals surface area contributed by atoms with Gasteiger partial charge < -0.3 is 10.1 Å². The van der Waals surface area contributed by atoms with Crippen LogP contribution < -0.4 is 10.2 Å². The largest absolute Gasteiger partial charge is 0.451 e. The number of pyridine rings is 1. The maximum Gasteiger partial charge on any atom is 0.326 e. The van der Waals surface area contributed by atoms with Crippen LogP contribution in [0.5, 0.6) is 0 Å². The number of hydrogen-bond donors (Lipinski definition) is 1. The number of rotatable bonds is 6. The highest BCUT2D eigenvalue weighted by molar-refractivity contribution is 6.52. The number of para-hydroxylation sites is 1. The molecule has 1 atom stereocenters. The molecule has 8 heteroatoms. The summed E-state index contributed by atoms with van der Waals surface area (Å²) in [5, 5.41) is 2.60. The molecule has 1 aromatic heterocycles. The number of ketones is 1. The Morgan fingerprint density at radius 3 is 2.68 bits per heavy atom. The van der Waals surface area contributed by atoms with Gasteiger partial charge in [-0.1, -0.05) is 19.1 Å². The number of amides is 2. The van der Waals surface area contributed by atoms with E-state index in [0.29, 0.717) is 11.5 Å². The Kier molecular flexibility index (Phi) is 5.49. The minimum atomic E-state index is -1.04. The molecule has 1 aliphatic rings. The lowest BCUT2D eigenvalue weighted by Crippen LogP contribution is -2.39. The van der Waals surface area contributed by atoms with E-state index >= 15 is 0 Å². The molecule has 0 fully saturated rings. The van der Waals surface area contributed by atoms with Crippen LogP contribution in [0.2, 0.25) is 0 Å². The number of anilines is 2. The lowest BCUT2D eigenvalue weighted by atomic mass is 10.1. The molecule has 1 aliphatic heterocycles. The minimum Gasteiger partial charge on any atom is -0.451 e. The van der Waals surface area contributed by atoms with Crippen LogP contribution >= 0.6 is 0 Å². The number of nitrogens with one attached hydrogen (secondary N) is 1. The van der Waals surface area contributed by atoms with Gasteiger partial charge in [-0.2, -0.15) is 0 Å². The van der Waals surface area contributed by atoms with Gasteiger partial charge in [0.2, 0.25) is 0 Å². The highest BCUT2D eigenvalue weighted by Crippen LogP contribution is 2.28. The Balaban J connectivity index is 1.65. The van der Waals surface area contributed by atoms with Crippen molar-refractivity contribution in [1.82, 2.24) is 4.98 Å². The third-order valence-corrected chi connectivity index (χ3v) is 4.27. The van der Waals surface area contributed by atoms with Crippen LogP contribution in [0.4, 0.5) is 11.5 Å². The summed E-state index contributed by atoms with van der Waals surface area (Å²) in [5.41, 5.74) is 1.53. The number of carbonyl (C=O) groups excluding carboxylic acids is 4. The van der Waals surface area contributed by atoms with Crippen LogP contribution in [0.25, 0.3) is 0 Å². The molecule has 3 rings (SSSR count). The van der Waals surface area contributed by atoms with Crippen molar-refractivity contribution >= 4 is 35.1 Å². The summed E-state index contributed by atoms with van der Waals surface area (Å²) in [6, 6.07) is 9.90. The Hall–Kier alpha value is -3.55. The number of ether oxygens (including phenoxy) is 1. The van der Waals surface area contributed by atoms with Crippen molar-refractivity contribution in [1.29, 1.82) is 0 Å². The first kappa shape index (κ1) is 19.2. The molecular formula is C20H19N3O5. The summed E-state index contributed by atoms with van der Waals surface area (Å²) in [4.78, 5) is 53.9. The van der Waals surface area contributed by atoms with Gasteiger partial charge in [0, 0.05) is 6.20 Å². The lowest BCUT2D eigenvalue weighted by Gasteiger charge is -2.19. The highest BCUT2D eigenvalue weighted by Gasteiger charge is 2.37. The van der Waals surface area contributed by atoms with Crippen molar-refractivity contribution in [2.45, 2.75) is 26.4 Å². The van der Waals surface area contributed by atoms with Crippen molar-refractivity contribution in [2.75, 3.05) is 16.8 Å². The van der Waals surface area contributed by atoms with E-state index in [9.17, 15) is 19.2 Å². The second kappa shape index (κ2) is 7.99. The maximum absolute atomic E-state index is 12.4. The molecule has 1 unspecified atom stereocenters. The molecule has 28 heavy (non-hydrogen) atoms. The van der Waals surface area contributed by atoms with Crippen molar-refractivity contribution in [2.24, 2.45) is 0 Å². The molecule has 144 valence electrons. The van der Waals surface area contributed by atoms with Gasteiger partial charge in [0.05, 0.1) is 11.3 Å². The number of esters is 1. The maximum atomic E-state index is 12.4. The van der Waals surface area contributed by atoms with Gasteiger partial charge in [-0.15, -0.1) is 0 Å². The van der Waals surface area contributed by atoms with Gasteiger partial charge in [0.25, 0.3) is 17.6 Å². The zero-order valence-electron chi connectivity index (χ0n) is 15.5. The quantitative estimate of drug-likeness (QED) is 0.605. The van der Waals surface area contributed by atoms with Crippen molar-refractivity contribution in [3.63, 3.8) is 0 Å². The molecule has 0 saturated carbocycles. The zero-order chi connectivity index (χ0) is 20.3. The van der Waals surface area contributed by atoms with E-state index < -0.39 is 36.2 Å². The molecule has 2 amide bonds. The van der Waals surface area contributed by atoms with Crippen LogP contribution in [0, 0.1) is 6.92 Å². The fourth-order valence-corrected chi connectivity index (χ4v) is 2.86. The average Bonchev–Trinajstić information content (AvgIpc) is 2.91. The van der Waals surface area contributed by atoms with Crippen molar-refractivity contribution < 1.29 is 23.9 Å². The van der Waals surface area contributed by atoms with Gasteiger partial charge in [-0.05, 0) is 43.2 Å².